The van der Waals surface area contributed by atoms with Crippen molar-refractivity contribution in [2.75, 3.05) is 0 Å². The number of aryl methyl sites for hydroxylation is 1. The Morgan fingerprint density at radius 2 is 2.00 bits per heavy atom. The highest BCUT2D eigenvalue weighted by Crippen LogP contribution is 2.32. The SMILES string of the molecule is Cc1csc(-c2cc3cc(OCc4ccccc4CC#N)ccc3o2)n1. The number of hydrogen-bond donors (Lipinski definition) is 0. The van der Waals surface area contributed by atoms with E-state index in [-0.39, 0.29) is 0 Å². The molecule has 2 aromatic carbocycles. The highest BCUT2D eigenvalue weighted by Gasteiger charge is 2.10. The van der Waals surface area contributed by atoms with Gasteiger partial charge in [-0.05, 0) is 42.3 Å². The summed E-state index contributed by atoms with van der Waals surface area (Å²) in [6.07, 6.45) is 0.386. The maximum atomic E-state index is 8.94. The third-order valence-electron chi connectivity index (χ3n) is 4.10. The Hall–Kier alpha value is -3.10. The minimum atomic E-state index is 0.386. The Morgan fingerprint density at radius 3 is 2.77 bits per heavy atom. The van der Waals surface area contributed by atoms with Crippen molar-refractivity contribution >= 4 is 22.3 Å². The van der Waals surface area contributed by atoms with Crippen molar-refractivity contribution in [2.24, 2.45) is 0 Å². The van der Waals surface area contributed by atoms with Crippen molar-refractivity contribution in [1.82, 2.24) is 4.98 Å². The van der Waals surface area contributed by atoms with Gasteiger partial charge in [0.05, 0.1) is 12.5 Å². The molecule has 0 aliphatic heterocycles. The maximum Gasteiger partial charge on any atom is 0.164 e. The highest BCUT2D eigenvalue weighted by atomic mass is 32.1. The maximum absolute atomic E-state index is 8.94. The van der Waals surface area contributed by atoms with Crippen LogP contribution >= 0.6 is 11.3 Å². The molecule has 0 spiro atoms. The second-order valence-electron chi connectivity index (χ2n) is 6.00. The number of thiazole rings is 1. The van der Waals surface area contributed by atoms with Gasteiger partial charge < -0.3 is 9.15 Å². The summed E-state index contributed by atoms with van der Waals surface area (Å²) < 4.78 is 11.8. The van der Waals surface area contributed by atoms with Gasteiger partial charge in [0.15, 0.2) is 10.8 Å². The molecule has 128 valence electrons. The van der Waals surface area contributed by atoms with Gasteiger partial charge in [0.1, 0.15) is 17.9 Å². The van der Waals surface area contributed by atoms with Crippen LogP contribution in [0, 0.1) is 18.3 Å². The number of nitriles is 1. The quantitative estimate of drug-likeness (QED) is 0.471. The fourth-order valence-electron chi connectivity index (χ4n) is 2.80. The molecule has 0 aliphatic rings. The molecule has 0 atom stereocenters. The Labute approximate surface area is 155 Å². The van der Waals surface area contributed by atoms with Crippen LogP contribution in [0.15, 0.2) is 58.3 Å². The van der Waals surface area contributed by atoms with Gasteiger partial charge in [0, 0.05) is 16.5 Å². The first-order chi connectivity index (χ1) is 12.7. The standard InChI is InChI=1S/C21H16N2O2S/c1-14-13-26-21(23-14)20-11-17-10-18(6-7-19(17)25-20)24-12-16-5-3-2-4-15(16)8-9-22/h2-7,10-11,13H,8,12H2,1H3. The van der Waals surface area contributed by atoms with Gasteiger partial charge in [-0.15, -0.1) is 11.3 Å². The van der Waals surface area contributed by atoms with Crippen LogP contribution in [0.2, 0.25) is 0 Å². The molecular formula is C21H16N2O2S. The van der Waals surface area contributed by atoms with E-state index in [0.29, 0.717) is 13.0 Å². The summed E-state index contributed by atoms with van der Waals surface area (Å²) in [6, 6.07) is 17.8. The number of fused-ring (bicyclic) bond motifs is 1. The van der Waals surface area contributed by atoms with Gasteiger partial charge >= 0.3 is 0 Å². The third-order valence-corrected chi connectivity index (χ3v) is 5.07. The minimum Gasteiger partial charge on any atom is -0.489 e. The first-order valence-electron chi connectivity index (χ1n) is 8.25. The fraction of sp³-hybridized carbons (Fsp3) is 0.143. The second-order valence-corrected chi connectivity index (χ2v) is 6.85. The molecule has 26 heavy (non-hydrogen) atoms. The molecule has 0 unspecified atom stereocenters. The summed E-state index contributed by atoms with van der Waals surface area (Å²) in [7, 11) is 0. The normalized spacial score (nSPS) is 10.8. The van der Waals surface area contributed by atoms with E-state index in [1.807, 2.05) is 60.8 Å². The Balaban J connectivity index is 1.55. The van der Waals surface area contributed by atoms with Crippen LogP contribution in [0.4, 0.5) is 0 Å². The van der Waals surface area contributed by atoms with Crippen molar-refractivity contribution in [1.29, 1.82) is 5.26 Å². The zero-order valence-corrected chi connectivity index (χ0v) is 15.0. The van der Waals surface area contributed by atoms with E-state index in [1.54, 1.807) is 11.3 Å². The van der Waals surface area contributed by atoms with Gasteiger partial charge in [0.2, 0.25) is 0 Å². The molecule has 4 aromatic rings. The molecule has 4 nitrogen and oxygen atoms in total. The lowest BCUT2D eigenvalue weighted by Crippen LogP contribution is -1.99. The summed E-state index contributed by atoms with van der Waals surface area (Å²) in [6.45, 7) is 2.40. The Kier molecular flexibility index (Phi) is 4.42. The van der Waals surface area contributed by atoms with Gasteiger partial charge in [-0.2, -0.15) is 5.26 Å². The van der Waals surface area contributed by atoms with Crippen LogP contribution in [-0.2, 0) is 13.0 Å². The summed E-state index contributed by atoms with van der Waals surface area (Å²) in [5.74, 6) is 1.54. The van der Waals surface area contributed by atoms with Crippen LogP contribution in [0.25, 0.3) is 21.7 Å². The summed E-state index contributed by atoms with van der Waals surface area (Å²) in [5, 5.41) is 12.8. The van der Waals surface area contributed by atoms with Crippen molar-refractivity contribution in [3.05, 3.63) is 70.7 Å². The van der Waals surface area contributed by atoms with Gasteiger partial charge in [0.25, 0.3) is 0 Å². The average molecular weight is 360 g/mol. The zero-order chi connectivity index (χ0) is 17.9. The lowest BCUT2D eigenvalue weighted by molar-refractivity contribution is 0.305. The van der Waals surface area contributed by atoms with E-state index in [2.05, 4.69) is 11.1 Å². The second kappa shape index (κ2) is 7.03. The lowest BCUT2D eigenvalue weighted by Gasteiger charge is -2.09. The molecule has 2 aromatic heterocycles. The van der Waals surface area contributed by atoms with Gasteiger partial charge in [-0.25, -0.2) is 4.98 Å². The molecular weight excluding hydrogens is 344 g/mol. The lowest BCUT2D eigenvalue weighted by atomic mass is 10.1. The largest absolute Gasteiger partial charge is 0.489 e. The van der Waals surface area contributed by atoms with Crippen LogP contribution in [0.3, 0.4) is 0 Å². The Bertz CT molecular complexity index is 1100. The van der Waals surface area contributed by atoms with E-state index in [1.165, 1.54) is 0 Å². The fourth-order valence-corrected chi connectivity index (χ4v) is 3.55. The first-order valence-corrected chi connectivity index (χ1v) is 9.13. The molecule has 0 fully saturated rings. The molecule has 0 N–H and O–H groups in total. The number of benzene rings is 2. The number of furan rings is 1. The van der Waals surface area contributed by atoms with Crippen LogP contribution < -0.4 is 4.74 Å². The number of rotatable bonds is 5. The number of nitrogens with zero attached hydrogens (tertiary/aromatic N) is 2. The summed E-state index contributed by atoms with van der Waals surface area (Å²) in [5.41, 5.74) is 3.83. The van der Waals surface area contributed by atoms with E-state index in [0.717, 1.165) is 44.3 Å². The van der Waals surface area contributed by atoms with Gasteiger partial charge in [-0.3, -0.25) is 0 Å². The van der Waals surface area contributed by atoms with Crippen molar-refractivity contribution in [3.8, 4) is 22.6 Å². The molecule has 0 radical (unpaired) electrons. The predicted octanol–water partition coefficient (Wildman–Crippen LogP) is 5.51. The predicted molar refractivity (Wildman–Crippen MR) is 102 cm³/mol. The van der Waals surface area contributed by atoms with E-state index >= 15 is 0 Å². The summed E-state index contributed by atoms with van der Waals surface area (Å²) in [4.78, 5) is 4.47. The number of ether oxygens (including phenoxy) is 1. The molecule has 5 heteroatoms. The average Bonchev–Trinajstić information content (AvgIpc) is 3.26. The molecule has 0 aliphatic carbocycles. The smallest absolute Gasteiger partial charge is 0.164 e. The van der Waals surface area contributed by atoms with Crippen molar-refractivity contribution in [2.45, 2.75) is 20.0 Å². The molecule has 0 amide bonds. The number of aromatic nitrogens is 1. The third kappa shape index (κ3) is 3.32. The summed E-state index contributed by atoms with van der Waals surface area (Å²) >= 11 is 1.57. The highest BCUT2D eigenvalue weighted by molar-refractivity contribution is 7.13. The van der Waals surface area contributed by atoms with Crippen LogP contribution in [0.5, 0.6) is 5.75 Å². The molecule has 0 saturated heterocycles. The number of hydrogen-bond acceptors (Lipinski definition) is 5. The minimum absolute atomic E-state index is 0.386. The molecule has 0 saturated carbocycles. The van der Waals surface area contributed by atoms with Crippen molar-refractivity contribution < 1.29 is 9.15 Å². The first kappa shape index (κ1) is 16.4. The monoisotopic (exact) mass is 360 g/mol. The Morgan fingerprint density at radius 1 is 1.15 bits per heavy atom. The van der Waals surface area contributed by atoms with E-state index < -0.39 is 0 Å². The van der Waals surface area contributed by atoms with E-state index in [4.69, 9.17) is 14.4 Å². The van der Waals surface area contributed by atoms with E-state index in [9.17, 15) is 0 Å². The topological polar surface area (TPSA) is 59.0 Å². The van der Waals surface area contributed by atoms with Crippen LogP contribution in [-0.4, -0.2) is 4.98 Å². The molecule has 2 heterocycles. The molecule has 4 rings (SSSR count). The molecule has 0 bridgehead atoms. The zero-order valence-electron chi connectivity index (χ0n) is 14.2. The van der Waals surface area contributed by atoms with Crippen molar-refractivity contribution in [3.63, 3.8) is 0 Å². The van der Waals surface area contributed by atoms with Crippen LogP contribution in [0.1, 0.15) is 16.8 Å². The van der Waals surface area contributed by atoms with Gasteiger partial charge in [-0.1, -0.05) is 24.3 Å².